The van der Waals surface area contributed by atoms with Gasteiger partial charge in [-0.15, -0.1) is 5.10 Å². The van der Waals surface area contributed by atoms with Crippen molar-refractivity contribution in [2.45, 2.75) is 18.6 Å². The fourth-order valence-electron chi connectivity index (χ4n) is 3.90. The summed E-state index contributed by atoms with van der Waals surface area (Å²) in [7, 11) is 0. The van der Waals surface area contributed by atoms with Crippen molar-refractivity contribution >= 4 is 16.7 Å². The summed E-state index contributed by atoms with van der Waals surface area (Å²) >= 11 is 0. The number of nitrogens with zero attached hydrogens (tertiary/aromatic N) is 4. The van der Waals surface area contributed by atoms with Crippen LogP contribution in [0.2, 0.25) is 0 Å². The van der Waals surface area contributed by atoms with Crippen molar-refractivity contribution in [1.29, 1.82) is 0 Å². The summed E-state index contributed by atoms with van der Waals surface area (Å²) in [5.74, 6) is 0. The fourth-order valence-corrected chi connectivity index (χ4v) is 3.90. The highest BCUT2D eigenvalue weighted by Crippen LogP contribution is 2.59. The number of benzene rings is 3. The summed E-state index contributed by atoms with van der Waals surface area (Å²) < 4.78 is 2.06. The Morgan fingerprint density at radius 2 is 1.44 bits per heavy atom. The molecule has 0 saturated carbocycles. The largest absolute Gasteiger partial charge is 0.334 e. The standard InChI is InChI=1S/C21H18N4/c1-21(25-19-15-9-8-14-18(19)22-23-25)20(16-10-4-2-5-11-16)24(21)17-12-6-3-7-13-17/h2-15,20H,1H3. The average molecular weight is 326 g/mol. The first-order chi connectivity index (χ1) is 12.3. The zero-order valence-corrected chi connectivity index (χ0v) is 13.9. The quantitative estimate of drug-likeness (QED) is 0.524. The van der Waals surface area contributed by atoms with Gasteiger partial charge >= 0.3 is 0 Å². The average Bonchev–Trinajstić information content (AvgIpc) is 3.08. The predicted octanol–water partition coefficient (Wildman–Crippen LogP) is 4.37. The van der Waals surface area contributed by atoms with E-state index in [4.69, 9.17) is 0 Å². The number of aromatic nitrogens is 3. The molecular weight excluding hydrogens is 308 g/mol. The van der Waals surface area contributed by atoms with Crippen molar-refractivity contribution in [3.63, 3.8) is 0 Å². The van der Waals surface area contributed by atoms with Gasteiger partial charge in [0.1, 0.15) is 11.6 Å². The topological polar surface area (TPSA) is 33.7 Å². The van der Waals surface area contributed by atoms with Gasteiger partial charge in [-0.25, -0.2) is 4.68 Å². The minimum atomic E-state index is -0.279. The molecule has 1 fully saturated rings. The first-order valence-electron chi connectivity index (χ1n) is 8.50. The molecule has 0 aliphatic carbocycles. The van der Waals surface area contributed by atoms with Crippen LogP contribution in [0.1, 0.15) is 18.5 Å². The molecule has 2 atom stereocenters. The maximum atomic E-state index is 4.51. The van der Waals surface area contributed by atoms with Crippen LogP contribution in [0.3, 0.4) is 0 Å². The zero-order valence-electron chi connectivity index (χ0n) is 13.9. The van der Waals surface area contributed by atoms with E-state index in [0.29, 0.717) is 0 Å². The molecule has 1 saturated heterocycles. The van der Waals surface area contributed by atoms with E-state index in [9.17, 15) is 0 Å². The molecular formula is C21H18N4. The highest BCUT2D eigenvalue weighted by atomic mass is 15.6. The van der Waals surface area contributed by atoms with Crippen LogP contribution in [0.5, 0.6) is 0 Å². The lowest BCUT2D eigenvalue weighted by molar-refractivity contribution is 0.457. The lowest BCUT2D eigenvalue weighted by Gasteiger charge is -2.14. The third kappa shape index (κ3) is 2.00. The van der Waals surface area contributed by atoms with E-state index in [1.807, 2.05) is 24.3 Å². The molecule has 4 nitrogen and oxygen atoms in total. The third-order valence-corrected chi connectivity index (χ3v) is 5.13. The normalized spacial score (nSPS) is 22.3. The summed E-state index contributed by atoms with van der Waals surface area (Å²) in [6.45, 7) is 2.23. The van der Waals surface area contributed by atoms with Crippen LogP contribution >= 0.6 is 0 Å². The highest BCUT2D eigenvalue weighted by molar-refractivity contribution is 5.76. The van der Waals surface area contributed by atoms with Gasteiger partial charge in [0.25, 0.3) is 0 Å². The molecule has 25 heavy (non-hydrogen) atoms. The Balaban J connectivity index is 1.69. The van der Waals surface area contributed by atoms with Crippen LogP contribution in [0.25, 0.3) is 11.0 Å². The molecule has 3 aromatic carbocycles. The van der Waals surface area contributed by atoms with Crippen molar-refractivity contribution < 1.29 is 0 Å². The van der Waals surface area contributed by atoms with E-state index in [1.165, 1.54) is 11.3 Å². The second kappa shape index (κ2) is 5.18. The summed E-state index contributed by atoms with van der Waals surface area (Å²) in [5, 5.41) is 8.87. The van der Waals surface area contributed by atoms with Gasteiger partial charge in [0.2, 0.25) is 0 Å². The zero-order chi connectivity index (χ0) is 16.9. The summed E-state index contributed by atoms with van der Waals surface area (Å²) in [5.41, 5.74) is 4.19. The fraction of sp³-hybridized carbons (Fsp3) is 0.143. The monoisotopic (exact) mass is 326 g/mol. The molecule has 1 aliphatic rings. The number of rotatable bonds is 3. The second-order valence-corrected chi connectivity index (χ2v) is 6.60. The molecule has 4 heteroatoms. The van der Waals surface area contributed by atoms with Gasteiger partial charge in [0, 0.05) is 5.69 Å². The molecule has 0 N–H and O–H groups in total. The van der Waals surface area contributed by atoms with E-state index in [0.717, 1.165) is 11.0 Å². The minimum Gasteiger partial charge on any atom is -0.334 e. The number of hydrogen-bond acceptors (Lipinski definition) is 3. The summed E-state index contributed by atoms with van der Waals surface area (Å²) in [6, 6.07) is 29.5. The number of para-hydroxylation sites is 2. The third-order valence-electron chi connectivity index (χ3n) is 5.13. The lowest BCUT2D eigenvalue weighted by atomic mass is 10.1. The van der Waals surface area contributed by atoms with E-state index < -0.39 is 0 Å². The molecule has 4 aromatic rings. The van der Waals surface area contributed by atoms with Crippen LogP contribution in [0, 0.1) is 0 Å². The van der Waals surface area contributed by atoms with Crippen LogP contribution < -0.4 is 4.90 Å². The van der Waals surface area contributed by atoms with Gasteiger partial charge in [-0.05, 0) is 36.8 Å². The van der Waals surface area contributed by atoms with Crippen molar-refractivity contribution in [2.24, 2.45) is 0 Å². The highest BCUT2D eigenvalue weighted by Gasteiger charge is 2.63. The van der Waals surface area contributed by atoms with E-state index in [1.54, 1.807) is 0 Å². The van der Waals surface area contributed by atoms with Crippen molar-refractivity contribution in [3.05, 3.63) is 90.5 Å². The van der Waals surface area contributed by atoms with Crippen molar-refractivity contribution in [3.8, 4) is 0 Å². The smallest absolute Gasteiger partial charge is 0.158 e. The molecule has 1 aliphatic heterocycles. The van der Waals surface area contributed by atoms with E-state index in [-0.39, 0.29) is 11.7 Å². The van der Waals surface area contributed by atoms with Crippen molar-refractivity contribution in [2.75, 3.05) is 4.90 Å². The van der Waals surface area contributed by atoms with E-state index in [2.05, 4.69) is 87.5 Å². The molecule has 122 valence electrons. The van der Waals surface area contributed by atoms with Gasteiger partial charge in [0.15, 0.2) is 5.66 Å². The van der Waals surface area contributed by atoms with Gasteiger partial charge in [0.05, 0.1) is 5.52 Å². The SMILES string of the molecule is CC1(n2nnc3ccccc32)C(c2ccccc2)N1c1ccccc1. The Bertz CT molecular complexity index is 978. The van der Waals surface area contributed by atoms with Crippen molar-refractivity contribution in [1.82, 2.24) is 15.0 Å². The van der Waals surface area contributed by atoms with Gasteiger partial charge in [-0.1, -0.05) is 65.9 Å². The molecule has 0 spiro atoms. The van der Waals surface area contributed by atoms with Crippen LogP contribution in [-0.2, 0) is 5.66 Å². The first-order valence-corrected chi connectivity index (χ1v) is 8.50. The Hall–Kier alpha value is -3.14. The van der Waals surface area contributed by atoms with Crippen LogP contribution in [-0.4, -0.2) is 15.0 Å². The molecule has 0 bridgehead atoms. The lowest BCUT2D eigenvalue weighted by Crippen LogP contribution is -2.22. The molecule has 5 rings (SSSR count). The van der Waals surface area contributed by atoms with Gasteiger partial charge < -0.3 is 4.90 Å². The number of hydrogen-bond donors (Lipinski definition) is 0. The predicted molar refractivity (Wildman–Crippen MR) is 99.3 cm³/mol. The summed E-state index contributed by atoms with van der Waals surface area (Å²) in [6.07, 6.45) is 0. The first kappa shape index (κ1) is 14.2. The molecule has 2 heterocycles. The Labute approximate surface area is 146 Å². The van der Waals surface area contributed by atoms with Crippen LogP contribution in [0.15, 0.2) is 84.9 Å². The van der Waals surface area contributed by atoms with Crippen LogP contribution in [0.4, 0.5) is 5.69 Å². The van der Waals surface area contributed by atoms with Gasteiger partial charge in [-0.2, -0.15) is 0 Å². The maximum absolute atomic E-state index is 4.51. The molecule has 2 unspecified atom stereocenters. The molecule has 0 radical (unpaired) electrons. The Kier molecular flexibility index (Phi) is 2.95. The number of fused-ring (bicyclic) bond motifs is 1. The Morgan fingerprint density at radius 1 is 0.800 bits per heavy atom. The van der Waals surface area contributed by atoms with Gasteiger partial charge in [-0.3, -0.25) is 0 Å². The minimum absolute atomic E-state index is 0.223. The number of anilines is 1. The van der Waals surface area contributed by atoms with E-state index >= 15 is 0 Å². The molecule has 1 aromatic heterocycles. The molecule has 0 amide bonds. The second-order valence-electron chi connectivity index (χ2n) is 6.60. The maximum Gasteiger partial charge on any atom is 0.158 e. The summed E-state index contributed by atoms with van der Waals surface area (Å²) in [4.78, 5) is 2.41. The Morgan fingerprint density at radius 3 is 2.20 bits per heavy atom.